The van der Waals surface area contributed by atoms with Gasteiger partial charge in [0.05, 0.1) is 12.7 Å². The van der Waals surface area contributed by atoms with E-state index in [1.54, 1.807) is 25.1 Å². The molecular formula is C20H22N2O5. The van der Waals surface area contributed by atoms with Gasteiger partial charge in [-0.1, -0.05) is 0 Å². The third-order valence-electron chi connectivity index (χ3n) is 4.79. The van der Waals surface area contributed by atoms with Crippen molar-refractivity contribution in [1.29, 1.82) is 5.26 Å². The molecule has 1 saturated carbocycles. The van der Waals surface area contributed by atoms with Crippen molar-refractivity contribution in [2.75, 3.05) is 13.2 Å². The predicted molar refractivity (Wildman–Crippen MR) is 97.4 cm³/mol. The summed E-state index contributed by atoms with van der Waals surface area (Å²) < 4.78 is 16.1. The predicted octanol–water partition coefficient (Wildman–Crippen LogP) is 3.25. The summed E-state index contributed by atoms with van der Waals surface area (Å²) in [6.45, 7) is 3.73. The third kappa shape index (κ3) is 3.90. The van der Waals surface area contributed by atoms with Crippen LogP contribution in [0.25, 0.3) is 11.0 Å². The number of esters is 1. The van der Waals surface area contributed by atoms with E-state index in [4.69, 9.17) is 13.9 Å². The highest BCUT2D eigenvalue weighted by Gasteiger charge is 2.35. The first-order valence-corrected chi connectivity index (χ1v) is 9.03. The summed E-state index contributed by atoms with van der Waals surface area (Å²) in [5.74, 6) is -0.456. The maximum absolute atomic E-state index is 12.3. The normalized spacial score (nSPS) is 15.3. The van der Waals surface area contributed by atoms with Crippen molar-refractivity contribution in [1.82, 2.24) is 5.32 Å². The molecule has 1 amide bonds. The van der Waals surface area contributed by atoms with Crippen molar-refractivity contribution in [3.8, 4) is 11.8 Å². The Morgan fingerprint density at radius 2 is 2.07 bits per heavy atom. The molecule has 0 spiro atoms. The Bertz CT molecular complexity index is 903. The van der Waals surface area contributed by atoms with Gasteiger partial charge in [0.25, 0.3) is 5.91 Å². The average Bonchev–Trinajstić information content (AvgIpc) is 3.26. The van der Waals surface area contributed by atoms with E-state index >= 15 is 0 Å². The number of carbonyl (C=O) groups is 2. The SMILES string of the molecule is CCOc1ccc2oc(C(=O)OCC(=O)NC3(C#N)CCCC3)c(C)c2c1. The molecule has 142 valence electrons. The van der Waals surface area contributed by atoms with Crippen LogP contribution in [0.15, 0.2) is 22.6 Å². The van der Waals surface area contributed by atoms with E-state index in [0.29, 0.717) is 36.3 Å². The smallest absolute Gasteiger partial charge is 0.375 e. The molecule has 7 nitrogen and oxygen atoms in total. The second kappa shape index (κ2) is 7.70. The Hall–Kier alpha value is -3.01. The summed E-state index contributed by atoms with van der Waals surface area (Å²) >= 11 is 0. The Morgan fingerprint density at radius 3 is 2.74 bits per heavy atom. The molecule has 1 N–H and O–H groups in total. The maximum atomic E-state index is 12.3. The number of fused-ring (bicyclic) bond motifs is 1. The molecule has 1 fully saturated rings. The molecule has 1 aliphatic rings. The number of nitriles is 1. The minimum absolute atomic E-state index is 0.0577. The number of carbonyl (C=O) groups excluding carboxylic acids is 2. The Labute approximate surface area is 157 Å². The molecule has 0 unspecified atom stereocenters. The molecule has 2 aromatic rings. The van der Waals surface area contributed by atoms with Gasteiger partial charge in [-0.2, -0.15) is 5.26 Å². The van der Waals surface area contributed by atoms with Crippen LogP contribution in [0.5, 0.6) is 5.75 Å². The zero-order valence-corrected chi connectivity index (χ0v) is 15.5. The Kier molecular flexibility index (Phi) is 5.36. The molecule has 0 bridgehead atoms. The Morgan fingerprint density at radius 1 is 1.33 bits per heavy atom. The number of benzene rings is 1. The van der Waals surface area contributed by atoms with Crippen LogP contribution in [0.1, 0.15) is 48.7 Å². The number of nitrogens with one attached hydrogen (secondary N) is 1. The lowest BCUT2D eigenvalue weighted by molar-refractivity contribution is -0.125. The van der Waals surface area contributed by atoms with E-state index in [1.807, 2.05) is 6.92 Å². The lowest BCUT2D eigenvalue weighted by Crippen LogP contribution is -2.46. The largest absolute Gasteiger partial charge is 0.494 e. The summed E-state index contributed by atoms with van der Waals surface area (Å²) in [6.07, 6.45) is 3.03. The van der Waals surface area contributed by atoms with Gasteiger partial charge in [-0.15, -0.1) is 0 Å². The number of aryl methyl sites for hydroxylation is 1. The molecular weight excluding hydrogens is 348 g/mol. The first kappa shape index (κ1) is 18.8. The number of rotatable bonds is 6. The summed E-state index contributed by atoms with van der Waals surface area (Å²) in [4.78, 5) is 24.4. The van der Waals surface area contributed by atoms with E-state index in [1.165, 1.54) is 0 Å². The first-order valence-electron chi connectivity index (χ1n) is 9.03. The molecule has 0 aliphatic heterocycles. The molecule has 1 aromatic heterocycles. The van der Waals surface area contributed by atoms with E-state index in [2.05, 4.69) is 11.4 Å². The fourth-order valence-corrected chi connectivity index (χ4v) is 3.39. The van der Waals surface area contributed by atoms with Crippen molar-refractivity contribution < 1.29 is 23.5 Å². The molecule has 1 heterocycles. The van der Waals surface area contributed by atoms with E-state index in [9.17, 15) is 14.9 Å². The van der Waals surface area contributed by atoms with Crippen LogP contribution in [0.4, 0.5) is 0 Å². The molecule has 0 saturated heterocycles. The van der Waals surface area contributed by atoms with Crippen LogP contribution in [-0.2, 0) is 9.53 Å². The number of hydrogen-bond acceptors (Lipinski definition) is 6. The zero-order chi connectivity index (χ0) is 19.4. The Balaban J connectivity index is 1.66. The summed E-state index contributed by atoms with van der Waals surface area (Å²) in [7, 11) is 0. The van der Waals surface area contributed by atoms with Crippen LogP contribution in [0.3, 0.4) is 0 Å². The fraction of sp³-hybridized carbons (Fsp3) is 0.450. The first-order chi connectivity index (χ1) is 13.0. The highest BCUT2D eigenvalue weighted by molar-refractivity contribution is 5.97. The van der Waals surface area contributed by atoms with Crippen molar-refractivity contribution in [3.05, 3.63) is 29.5 Å². The van der Waals surface area contributed by atoms with E-state index in [-0.39, 0.29) is 5.76 Å². The minimum Gasteiger partial charge on any atom is -0.494 e. The molecule has 1 aliphatic carbocycles. The van der Waals surface area contributed by atoms with Gasteiger partial charge >= 0.3 is 5.97 Å². The molecule has 7 heteroatoms. The van der Waals surface area contributed by atoms with Gasteiger partial charge in [0.2, 0.25) is 5.76 Å². The summed E-state index contributed by atoms with van der Waals surface area (Å²) in [6, 6.07) is 7.46. The highest BCUT2D eigenvalue weighted by atomic mass is 16.5. The highest BCUT2D eigenvalue weighted by Crippen LogP contribution is 2.30. The van der Waals surface area contributed by atoms with Gasteiger partial charge in [0.15, 0.2) is 6.61 Å². The quantitative estimate of drug-likeness (QED) is 0.783. The minimum atomic E-state index is -0.839. The number of furan rings is 1. The number of amides is 1. The van der Waals surface area contributed by atoms with Crippen molar-refractivity contribution in [3.63, 3.8) is 0 Å². The fourth-order valence-electron chi connectivity index (χ4n) is 3.39. The molecule has 3 rings (SSSR count). The average molecular weight is 370 g/mol. The summed E-state index contributed by atoms with van der Waals surface area (Å²) in [5, 5.41) is 12.7. The van der Waals surface area contributed by atoms with Gasteiger partial charge in [-0.3, -0.25) is 4.79 Å². The van der Waals surface area contributed by atoms with Crippen LogP contribution in [-0.4, -0.2) is 30.6 Å². The van der Waals surface area contributed by atoms with Gasteiger partial charge in [0.1, 0.15) is 16.9 Å². The van der Waals surface area contributed by atoms with Crippen molar-refractivity contribution in [2.45, 2.75) is 45.1 Å². The van der Waals surface area contributed by atoms with Crippen molar-refractivity contribution >= 4 is 22.8 Å². The van der Waals surface area contributed by atoms with E-state index < -0.39 is 24.0 Å². The molecule has 1 aromatic carbocycles. The van der Waals surface area contributed by atoms with Crippen LogP contribution < -0.4 is 10.1 Å². The van der Waals surface area contributed by atoms with Crippen LogP contribution in [0.2, 0.25) is 0 Å². The van der Waals surface area contributed by atoms with Gasteiger partial charge in [0, 0.05) is 10.9 Å². The second-order valence-corrected chi connectivity index (χ2v) is 6.67. The standard InChI is InChI=1S/C20H22N2O5/c1-3-25-14-6-7-16-15(10-14)13(2)18(27-16)19(24)26-11-17(23)22-20(12-21)8-4-5-9-20/h6-7,10H,3-5,8-9,11H2,1-2H3,(H,22,23). The monoisotopic (exact) mass is 370 g/mol. The van der Waals surface area contributed by atoms with E-state index in [0.717, 1.165) is 18.2 Å². The number of nitrogens with zero attached hydrogens (tertiary/aromatic N) is 1. The zero-order valence-electron chi connectivity index (χ0n) is 15.5. The molecule has 0 atom stereocenters. The molecule has 0 radical (unpaired) electrons. The third-order valence-corrected chi connectivity index (χ3v) is 4.79. The topological polar surface area (TPSA) is 102 Å². The number of ether oxygens (including phenoxy) is 2. The van der Waals surface area contributed by atoms with Gasteiger partial charge < -0.3 is 19.2 Å². The molecule has 27 heavy (non-hydrogen) atoms. The number of hydrogen-bond donors (Lipinski definition) is 1. The maximum Gasteiger partial charge on any atom is 0.375 e. The van der Waals surface area contributed by atoms with Gasteiger partial charge in [-0.05, 0) is 57.7 Å². The lowest BCUT2D eigenvalue weighted by atomic mass is 10.00. The second-order valence-electron chi connectivity index (χ2n) is 6.67. The summed E-state index contributed by atoms with van der Waals surface area (Å²) in [5.41, 5.74) is 0.331. The van der Waals surface area contributed by atoms with Crippen LogP contribution in [0, 0.1) is 18.3 Å². The van der Waals surface area contributed by atoms with Crippen LogP contribution >= 0.6 is 0 Å². The van der Waals surface area contributed by atoms with Crippen molar-refractivity contribution in [2.24, 2.45) is 0 Å². The van der Waals surface area contributed by atoms with Gasteiger partial charge in [-0.25, -0.2) is 4.79 Å². The lowest BCUT2D eigenvalue weighted by Gasteiger charge is -2.21.